The number of hydrogen-bond donors (Lipinski definition) is 3. The third kappa shape index (κ3) is 7.33. The number of non-ortho nitro benzene ring substituents is 1. The number of nitrogens with one attached hydrogen (secondary N) is 3. The van der Waals surface area contributed by atoms with Gasteiger partial charge in [0, 0.05) is 50.1 Å². The molecule has 0 aliphatic carbocycles. The zero-order chi connectivity index (χ0) is 18.9. The van der Waals surface area contributed by atoms with Gasteiger partial charge in [-0.15, -0.1) is 24.0 Å². The quantitative estimate of drug-likeness (QED) is 0.138. The number of rotatable bonds is 7. The van der Waals surface area contributed by atoms with E-state index in [1.165, 1.54) is 12.1 Å². The first-order valence-electron chi connectivity index (χ1n) is 7.86. The van der Waals surface area contributed by atoms with E-state index < -0.39 is 16.6 Å². The van der Waals surface area contributed by atoms with Gasteiger partial charge in [-0.3, -0.25) is 15.1 Å². The second-order valence-corrected chi connectivity index (χ2v) is 5.32. The lowest BCUT2D eigenvalue weighted by molar-refractivity contribution is -0.384. The molecule has 0 aliphatic heterocycles. The van der Waals surface area contributed by atoms with E-state index in [9.17, 15) is 18.9 Å². The Balaban J connectivity index is 0.00000364. The van der Waals surface area contributed by atoms with Gasteiger partial charge >= 0.3 is 0 Å². The van der Waals surface area contributed by atoms with Crippen LogP contribution >= 0.6 is 24.0 Å². The fourth-order valence-electron chi connectivity index (χ4n) is 2.17. The summed E-state index contributed by atoms with van der Waals surface area (Å²) in [5.41, 5.74) is 0.988. The Morgan fingerprint density at radius 3 is 2.44 bits per heavy atom. The number of anilines is 1. The normalized spacial score (nSPS) is 10.7. The molecule has 0 heterocycles. The number of nitro benzene ring substituents is 1. The summed E-state index contributed by atoms with van der Waals surface area (Å²) >= 11 is 0. The standard InChI is InChI=1S/C17H19F2N5O2.HI/c1-20-17(23-11-12-10-13(18)2-7-16(12)19)22-9-8-21-14-3-5-15(6-4-14)24(25)26;/h2-7,10,21H,8-9,11H2,1H3,(H2,20,22,23);1H. The number of nitrogens with zero attached hydrogens (tertiary/aromatic N) is 2. The first-order chi connectivity index (χ1) is 12.5. The van der Waals surface area contributed by atoms with Gasteiger partial charge in [0.15, 0.2) is 5.96 Å². The molecule has 0 bridgehead atoms. The van der Waals surface area contributed by atoms with E-state index in [0.29, 0.717) is 19.0 Å². The van der Waals surface area contributed by atoms with Crippen molar-refractivity contribution in [1.29, 1.82) is 0 Å². The van der Waals surface area contributed by atoms with Crippen LogP contribution in [0.25, 0.3) is 0 Å². The smallest absolute Gasteiger partial charge is 0.269 e. The van der Waals surface area contributed by atoms with Crippen LogP contribution in [0.2, 0.25) is 0 Å². The Morgan fingerprint density at radius 2 is 1.81 bits per heavy atom. The van der Waals surface area contributed by atoms with Gasteiger partial charge in [-0.2, -0.15) is 0 Å². The monoisotopic (exact) mass is 491 g/mol. The maximum absolute atomic E-state index is 13.6. The lowest BCUT2D eigenvalue weighted by atomic mass is 10.2. The molecule has 0 amide bonds. The van der Waals surface area contributed by atoms with Crippen molar-refractivity contribution in [3.8, 4) is 0 Å². The summed E-state index contributed by atoms with van der Waals surface area (Å²) in [6.45, 7) is 1.13. The first-order valence-corrected chi connectivity index (χ1v) is 7.86. The Labute approximate surface area is 172 Å². The SMILES string of the molecule is CN=C(NCCNc1ccc([N+](=O)[O-])cc1)NCc1cc(F)ccc1F.I. The largest absolute Gasteiger partial charge is 0.383 e. The van der Waals surface area contributed by atoms with Crippen molar-refractivity contribution >= 4 is 41.3 Å². The van der Waals surface area contributed by atoms with E-state index in [1.807, 2.05) is 0 Å². The van der Waals surface area contributed by atoms with Crippen LogP contribution in [0.3, 0.4) is 0 Å². The third-order valence-electron chi connectivity index (χ3n) is 3.50. The van der Waals surface area contributed by atoms with Crippen LogP contribution in [-0.2, 0) is 6.54 Å². The Bertz CT molecular complexity index is 787. The average Bonchev–Trinajstić information content (AvgIpc) is 2.64. The van der Waals surface area contributed by atoms with E-state index in [4.69, 9.17) is 0 Å². The lowest BCUT2D eigenvalue weighted by Crippen LogP contribution is -2.39. The van der Waals surface area contributed by atoms with Gasteiger partial charge in [-0.05, 0) is 30.3 Å². The van der Waals surface area contributed by atoms with E-state index in [1.54, 1.807) is 19.2 Å². The van der Waals surface area contributed by atoms with E-state index >= 15 is 0 Å². The highest BCUT2D eigenvalue weighted by atomic mass is 127. The molecule has 2 rings (SSSR count). The third-order valence-corrected chi connectivity index (χ3v) is 3.50. The van der Waals surface area contributed by atoms with Gasteiger partial charge in [0.05, 0.1) is 4.92 Å². The molecule has 0 saturated carbocycles. The average molecular weight is 491 g/mol. The van der Waals surface area contributed by atoms with Crippen molar-refractivity contribution in [3.63, 3.8) is 0 Å². The van der Waals surface area contributed by atoms with Gasteiger partial charge < -0.3 is 16.0 Å². The second kappa shape index (κ2) is 11.3. The molecule has 0 spiro atoms. The number of hydrogen-bond acceptors (Lipinski definition) is 4. The van der Waals surface area contributed by atoms with Crippen molar-refractivity contribution < 1.29 is 13.7 Å². The Morgan fingerprint density at radius 1 is 1.11 bits per heavy atom. The predicted octanol–water partition coefficient (Wildman–Crippen LogP) is 3.27. The summed E-state index contributed by atoms with van der Waals surface area (Å²) in [7, 11) is 1.57. The summed E-state index contributed by atoms with van der Waals surface area (Å²) in [5, 5.41) is 19.6. The van der Waals surface area contributed by atoms with Gasteiger partial charge in [-0.1, -0.05) is 0 Å². The second-order valence-electron chi connectivity index (χ2n) is 5.32. The summed E-state index contributed by atoms with van der Waals surface area (Å²) in [5.74, 6) is -0.549. The van der Waals surface area contributed by atoms with Crippen molar-refractivity contribution in [2.45, 2.75) is 6.54 Å². The van der Waals surface area contributed by atoms with Crippen LogP contribution in [0, 0.1) is 21.7 Å². The summed E-state index contributed by atoms with van der Waals surface area (Å²) in [6, 6.07) is 9.36. The maximum Gasteiger partial charge on any atom is 0.269 e. The topological polar surface area (TPSA) is 91.6 Å². The number of aliphatic imine (C=N–C) groups is 1. The molecule has 146 valence electrons. The zero-order valence-corrected chi connectivity index (χ0v) is 16.9. The van der Waals surface area contributed by atoms with Crippen LogP contribution in [0.4, 0.5) is 20.2 Å². The summed E-state index contributed by atoms with van der Waals surface area (Å²) in [4.78, 5) is 14.1. The van der Waals surface area contributed by atoms with E-state index in [2.05, 4.69) is 20.9 Å². The molecule has 0 aromatic heterocycles. The van der Waals surface area contributed by atoms with Crippen molar-refractivity contribution in [3.05, 3.63) is 69.8 Å². The van der Waals surface area contributed by atoms with Gasteiger partial charge in [0.25, 0.3) is 5.69 Å². The van der Waals surface area contributed by atoms with E-state index in [-0.39, 0.29) is 41.8 Å². The molecule has 0 saturated heterocycles. The highest BCUT2D eigenvalue weighted by Crippen LogP contribution is 2.14. The fourth-order valence-corrected chi connectivity index (χ4v) is 2.17. The maximum atomic E-state index is 13.6. The molecule has 0 aliphatic rings. The number of nitro groups is 1. The van der Waals surface area contributed by atoms with Crippen molar-refractivity contribution in [2.24, 2.45) is 4.99 Å². The minimum Gasteiger partial charge on any atom is -0.383 e. The minimum atomic E-state index is -0.501. The van der Waals surface area contributed by atoms with Crippen LogP contribution in [0.1, 0.15) is 5.56 Å². The van der Waals surface area contributed by atoms with Gasteiger partial charge in [0.2, 0.25) is 0 Å². The van der Waals surface area contributed by atoms with Crippen LogP contribution in [0.5, 0.6) is 0 Å². The zero-order valence-electron chi connectivity index (χ0n) is 14.5. The van der Waals surface area contributed by atoms with Crippen molar-refractivity contribution in [2.75, 3.05) is 25.5 Å². The molecule has 10 heteroatoms. The molecular weight excluding hydrogens is 471 g/mol. The number of benzene rings is 2. The number of guanidine groups is 1. The summed E-state index contributed by atoms with van der Waals surface area (Å²) in [6.07, 6.45) is 0. The molecule has 2 aromatic carbocycles. The molecule has 3 N–H and O–H groups in total. The Hall–Kier alpha value is -2.50. The highest BCUT2D eigenvalue weighted by molar-refractivity contribution is 14.0. The molecule has 2 aromatic rings. The molecule has 0 radical (unpaired) electrons. The molecule has 27 heavy (non-hydrogen) atoms. The number of halogens is 3. The van der Waals surface area contributed by atoms with E-state index in [0.717, 1.165) is 23.9 Å². The van der Waals surface area contributed by atoms with Crippen LogP contribution < -0.4 is 16.0 Å². The van der Waals surface area contributed by atoms with Gasteiger partial charge in [-0.25, -0.2) is 8.78 Å². The molecular formula is C17H20F2IN5O2. The molecule has 0 atom stereocenters. The van der Waals surface area contributed by atoms with Crippen LogP contribution in [0.15, 0.2) is 47.5 Å². The molecule has 0 fully saturated rings. The van der Waals surface area contributed by atoms with Crippen LogP contribution in [-0.4, -0.2) is 31.0 Å². The minimum absolute atomic E-state index is 0. The molecule has 7 nitrogen and oxygen atoms in total. The summed E-state index contributed by atoms with van der Waals surface area (Å²) < 4.78 is 26.7. The Kier molecular flexibility index (Phi) is 9.40. The first kappa shape index (κ1) is 22.5. The van der Waals surface area contributed by atoms with Gasteiger partial charge in [0.1, 0.15) is 11.6 Å². The lowest BCUT2D eigenvalue weighted by Gasteiger charge is -2.13. The molecule has 0 unspecified atom stereocenters. The fraction of sp³-hybridized carbons (Fsp3) is 0.235. The predicted molar refractivity (Wildman–Crippen MR) is 112 cm³/mol. The van der Waals surface area contributed by atoms with Crippen molar-refractivity contribution in [1.82, 2.24) is 10.6 Å². The highest BCUT2D eigenvalue weighted by Gasteiger charge is 2.06.